The van der Waals surface area contributed by atoms with Crippen LogP contribution in [0.4, 0.5) is 0 Å². The van der Waals surface area contributed by atoms with Crippen molar-refractivity contribution >= 4 is 0 Å². The summed E-state index contributed by atoms with van der Waals surface area (Å²) in [5.74, 6) is -0.202. The van der Waals surface area contributed by atoms with Gasteiger partial charge in [0.15, 0.2) is 0 Å². The Labute approximate surface area is 103 Å². The van der Waals surface area contributed by atoms with E-state index in [0.29, 0.717) is 0 Å². The van der Waals surface area contributed by atoms with E-state index >= 15 is 0 Å². The number of rotatable bonds is 3. The minimum absolute atomic E-state index is 0.0504. The smallest absolute Gasteiger partial charge is 0.0692 e. The number of aliphatic hydroxyl groups is 4. The van der Waals surface area contributed by atoms with Gasteiger partial charge in [-0.15, -0.1) is 0 Å². The Balaban J connectivity index is 2.99. The van der Waals surface area contributed by atoms with Crippen LogP contribution >= 0.6 is 0 Å². The van der Waals surface area contributed by atoms with Gasteiger partial charge in [0.2, 0.25) is 0 Å². The van der Waals surface area contributed by atoms with Gasteiger partial charge in [-0.05, 0) is 18.8 Å². The van der Waals surface area contributed by atoms with E-state index in [4.69, 9.17) is 0 Å². The molecule has 17 heavy (non-hydrogen) atoms. The zero-order valence-electron chi connectivity index (χ0n) is 10.7. The average Bonchev–Trinajstić information content (AvgIpc) is 2.26. The van der Waals surface area contributed by atoms with Gasteiger partial charge in [-0.2, -0.15) is 0 Å². The van der Waals surface area contributed by atoms with Crippen LogP contribution in [0.15, 0.2) is 12.2 Å². The van der Waals surface area contributed by atoms with E-state index in [1.165, 1.54) is 0 Å². The molecule has 6 atom stereocenters. The third-order valence-electron chi connectivity index (χ3n) is 4.10. The molecule has 0 saturated heterocycles. The first-order chi connectivity index (χ1) is 7.82. The van der Waals surface area contributed by atoms with Crippen molar-refractivity contribution in [2.75, 3.05) is 6.61 Å². The molecule has 1 aliphatic rings. The second-order valence-corrected chi connectivity index (χ2v) is 5.49. The molecule has 0 aromatic heterocycles. The van der Waals surface area contributed by atoms with Crippen molar-refractivity contribution in [1.82, 2.24) is 0 Å². The first-order valence-electron chi connectivity index (χ1n) is 6.16. The summed E-state index contributed by atoms with van der Waals surface area (Å²) in [6, 6.07) is 0. The zero-order chi connectivity index (χ0) is 13.2. The molecule has 0 aliphatic heterocycles. The quantitative estimate of drug-likeness (QED) is 0.538. The Bertz CT molecular complexity index is 277. The van der Waals surface area contributed by atoms with Crippen molar-refractivity contribution in [2.45, 2.75) is 45.5 Å². The Kier molecular flexibility index (Phi) is 4.72. The van der Waals surface area contributed by atoms with E-state index < -0.39 is 23.7 Å². The Morgan fingerprint density at radius 1 is 1.41 bits per heavy atom. The highest BCUT2D eigenvalue weighted by Crippen LogP contribution is 2.45. The number of hydrogen-bond donors (Lipinski definition) is 4. The van der Waals surface area contributed by atoms with Gasteiger partial charge in [0.05, 0.1) is 24.9 Å². The maximum Gasteiger partial charge on any atom is 0.0692 e. The Hall–Kier alpha value is -0.420. The Morgan fingerprint density at radius 3 is 2.47 bits per heavy atom. The van der Waals surface area contributed by atoms with Crippen LogP contribution in [-0.4, -0.2) is 45.3 Å². The van der Waals surface area contributed by atoms with Crippen LogP contribution in [0.5, 0.6) is 0 Å². The normalized spacial score (nSPS) is 45.1. The van der Waals surface area contributed by atoms with E-state index in [0.717, 1.165) is 0 Å². The lowest BCUT2D eigenvalue weighted by molar-refractivity contribution is -0.122. The fourth-order valence-corrected chi connectivity index (χ4v) is 2.66. The molecule has 1 fully saturated rings. The highest BCUT2D eigenvalue weighted by atomic mass is 16.3. The topological polar surface area (TPSA) is 80.9 Å². The van der Waals surface area contributed by atoms with Crippen molar-refractivity contribution in [3.8, 4) is 0 Å². The lowest BCUT2D eigenvalue weighted by atomic mass is 9.60. The van der Waals surface area contributed by atoms with Crippen LogP contribution < -0.4 is 0 Å². The van der Waals surface area contributed by atoms with Gasteiger partial charge in [-0.25, -0.2) is 0 Å². The van der Waals surface area contributed by atoms with Crippen molar-refractivity contribution in [1.29, 1.82) is 0 Å². The van der Waals surface area contributed by atoms with E-state index in [1.807, 2.05) is 13.8 Å². The third-order valence-corrected chi connectivity index (χ3v) is 4.10. The summed E-state index contributed by atoms with van der Waals surface area (Å²) >= 11 is 0. The predicted octanol–water partition coefficient (Wildman–Crippen LogP) is 0.300. The number of aliphatic hydroxyl groups excluding tert-OH is 4. The molecule has 0 aromatic rings. The molecule has 1 rings (SSSR count). The first kappa shape index (κ1) is 14.6. The molecule has 0 spiro atoms. The van der Waals surface area contributed by atoms with E-state index in [1.54, 1.807) is 19.1 Å². The first-order valence-corrected chi connectivity index (χ1v) is 6.16. The summed E-state index contributed by atoms with van der Waals surface area (Å²) in [4.78, 5) is 0. The van der Waals surface area contributed by atoms with Crippen molar-refractivity contribution in [2.24, 2.45) is 17.3 Å². The third kappa shape index (κ3) is 2.88. The van der Waals surface area contributed by atoms with Crippen LogP contribution in [0.2, 0.25) is 0 Å². The monoisotopic (exact) mass is 244 g/mol. The lowest BCUT2D eigenvalue weighted by Crippen LogP contribution is -2.53. The fourth-order valence-electron chi connectivity index (χ4n) is 2.66. The summed E-state index contributed by atoms with van der Waals surface area (Å²) in [6.45, 7) is 5.23. The molecule has 0 unspecified atom stereocenters. The molecule has 1 aliphatic carbocycles. The highest BCUT2D eigenvalue weighted by molar-refractivity contribution is 5.07. The van der Waals surface area contributed by atoms with E-state index in [2.05, 4.69) is 0 Å². The van der Waals surface area contributed by atoms with E-state index in [-0.39, 0.29) is 24.9 Å². The summed E-state index contributed by atoms with van der Waals surface area (Å²) < 4.78 is 0. The van der Waals surface area contributed by atoms with Crippen molar-refractivity contribution < 1.29 is 20.4 Å². The maximum atomic E-state index is 10.0. The molecule has 0 amide bonds. The van der Waals surface area contributed by atoms with Crippen molar-refractivity contribution in [3.63, 3.8) is 0 Å². The molecule has 0 aromatic carbocycles. The number of allylic oxidation sites excluding steroid dienone is 1. The molecule has 100 valence electrons. The molecule has 4 N–H and O–H groups in total. The van der Waals surface area contributed by atoms with E-state index in [9.17, 15) is 20.4 Å². The van der Waals surface area contributed by atoms with Crippen LogP contribution in [-0.2, 0) is 0 Å². The standard InChI is InChI=1S/C13H24O4/c1-8(15)4-5-10-9(2)11(16)6-12(17)13(10,3)7-14/h4-5,8-12,14-17H,6-7H2,1-3H3/b5-4+/t8-,9-,10+,11+,12+,13+/m1/s1. The zero-order valence-corrected chi connectivity index (χ0v) is 10.7. The average molecular weight is 244 g/mol. The van der Waals surface area contributed by atoms with Gasteiger partial charge in [0.25, 0.3) is 0 Å². The van der Waals surface area contributed by atoms with Crippen LogP contribution in [0.3, 0.4) is 0 Å². The highest BCUT2D eigenvalue weighted by Gasteiger charge is 2.48. The maximum absolute atomic E-state index is 10.0. The van der Waals surface area contributed by atoms with Crippen LogP contribution in [0, 0.1) is 17.3 Å². The molecule has 0 heterocycles. The summed E-state index contributed by atoms with van der Waals surface area (Å²) in [5, 5.41) is 38.7. The van der Waals surface area contributed by atoms with Gasteiger partial charge in [-0.1, -0.05) is 26.0 Å². The molecule has 0 bridgehead atoms. The van der Waals surface area contributed by atoms with Crippen molar-refractivity contribution in [3.05, 3.63) is 12.2 Å². The molecule has 1 saturated carbocycles. The van der Waals surface area contributed by atoms with Gasteiger partial charge < -0.3 is 20.4 Å². The molecule has 0 radical (unpaired) electrons. The van der Waals surface area contributed by atoms with Gasteiger partial charge in [0, 0.05) is 11.8 Å². The summed E-state index contributed by atoms with van der Waals surface area (Å²) in [6.07, 6.45) is 1.85. The van der Waals surface area contributed by atoms with Gasteiger partial charge in [-0.3, -0.25) is 0 Å². The summed E-state index contributed by atoms with van der Waals surface area (Å²) in [5.41, 5.74) is -0.663. The molecule has 4 nitrogen and oxygen atoms in total. The van der Waals surface area contributed by atoms with Crippen LogP contribution in [0.25, 0.3) is 0 Å². The fraction of sp³-hybridized carbons (Fsp3) is 0.846. The minimum Gasteiger partial charge on any atom is -0.396 e. The SMILES string of the molecule is C[C@H]1[C@@H](O)C[C@H](O)[C@@](C)(CO)[C@H]1/C=C/[C@@H](C)O. The predicted molar refractivity (Wildman–Crippen MR) is 65.3 cm³/mol. The summed E-state index contributed by atoms with van der Waals surface area (Å²) in [7, 11) is 0. The minimum atomic E-state index is -0.734. The Morgan fingerprint density at radius 2 is 2.00 bits per heavy atom. The van der Waals surface area contributed by atoms with Gasteiger partial charge >= 0.3 is 0 Å². The molecular formula is C13H24O4. The second-order valence-electron chi connectivity index (χ2n) is 5.49. The second kappa shape index (κ2) is 5.48. The molecule has 4 heteroatoms. The number of hydrogen-bond acceptors (Lipinski definition) is 4. The lowest BCUT2D eigenvalue weighted by Gasteiger charge is -2.48. The van der Waals surface area contributed by atoms with Crippen LogP contribution in [0.1, 0.15) is 27.2 Å². The largest absolute Gasteiger partial charge is 0.396 e. The van der Waals surface area contributed by atoms with Gasteiger partial charge in [0.1, 0.15) is 0 Å². The molecular weight excluding hydrogens is 220 g/mol.